The minimum atomic E-state index is 1.25. The quantitative estimate of drug-likeness (QED) is 0.545. The average molecular weight is 287 g/mol. The first-order valence-electron chi connectivity index (χ1n) is 2.36. The molecule has 0 aliphatic carbocycles. The van der Waals surface area contributed by atoms with Crippen LogP contribution < -0.4 is 5.30 Å². The molecule has 0 aromatic heterocycles. The Bertz CT molecular complexity index is 171. The summed E-state index contributed by atoms with van der Waals surface area (Å²) in [6.45, 7) is 0. The molecule has 0 heterocycles. The van der Waals surface area contributed by atoms with Gasteiger partial charge >= 0.3 is 64.4 Å². The van der Waals surface area contributed by atoms with Gasteiger partial charge in [0.1, 0.15) is 0 Å². The fourth-order valence-electron chi connectivity index (χ4n) is 0.503. The normalized spacial score (nSPS) is 9.75. The van der Waals surface area contributed by atoms with E-state index < -0.39 is 0 Å². The third-order valence-corrected chi connectivity index (χ3v) is 4.22. The van der Waals surface area contributed by atoms with Gasteiger partial charge in [0, 0.05) is 0 Å². The van der Waals surface area contributed by atoms with Crippen LogP contribution in [0.25, 0.3) is 0 Å². The summed E-state index contributed by atoms with van der Waals surface area (Å²) in [5, 5.41) is 1.44. The Kier molecular flexibility index (Phi) is 2.78. The van der Waals surface area contributed by atoms with Gasteiger partial charge in [-0.15, -0.1) is 0 Å². The maximum absolute atomic E-state index is 2.16. The molecule has 0 N–H and O–H groups in total. The Morgan fingerprint density at radius 3 is 2.12 bits per heavy atom. The van der Waals surface area contributed by atoms with E-state index in [9.17, 15) is 0 Å². The van der Waals surface area contributed by atoms with Crippen LogP contribution in [0.3, 0.4) is 0 Å². The van der Waals surface area contributed by atoms with E-state index in [4.69, 9.17) is 0 Å². The SMILES string of the molecule is [Hf+2]=[P]c1ccccc1. The number of rotatable bonds is 1. The maximum atomic E-state index is 2.16. The van der Waals surface area contributed by atoms with Crippen molar-refractivity contribution in [2.75, 3.05) is 0 Å². The van der Waals surface area contributed by atoms with Gasteiger partial charge in [0.15, 0.2) is 0 Å². The number of hydrogen-bond donors (Lipinski definition) is 0. The van der Waals surface area contributed by atoms with Crippen molar-refractivity contribution in [3.05, 3.63) is 30.3 Å². The molecule has 0 saturated heterocycles. The van der Waals surface area contributed by atoms with E-state index >= 15 is 0 Å². The second kappa shape index (κ2) is 3.42. The summed E-state index contributed by atoms with van der Waals surface area (Å²) in [6, 6.07) is 10.5. The van der Waals surface area contributed by atoms with E-state index in [1.807, 2.05) is 0 Å². The Labute approximate surface area is 64.3 Å². The van der Waals surface area contributed by atoms with Crippen molar-refractivity contribution in [1.82, 2.24) is 0 Å². The Morgan fingerprint density at radius 1 is 1.12 bits per heavy atom. The van der Waals surface area contributed by atoms with Crippen molar-refractivity contribution in [1.29, 1.82) is 0 Å². The first-order chi connectivity index (χ1) is 3.93. The molecule has 0 saturated carbocycles. The van der Waals surface area contributed by atoms with Gasteiger partial charge in [-0.05, 0) is 0 Å². The molecule has 1 aromatic carbocycles. The van der Waals surface area contributed by atoms with E-state index in [2.05, 4.69) is 30.3 Å². The first-order valence-corrected chi connectivity index (χ1v) is 8.07. The summed E-state index contributed by atoms with van der Waals surface area (Å²) in [6.07, 6.45) is 0. The van der Waals surface area contributed by atoms with Crippen LogP contribution in [0, 0.1) is 0 Å². The summed E-state index contributed by atoms with van der Waals surface area (Å²) >= 11 is 1.25. The fraction of sp³-hybridized carbons (Fsp3) is 0. The molecular weight excluding hydrogens is 282 g/mol. The molecule has 8 heavy (non-hydrogen) atoms. The van der Waals surface area contributed by atoms with E-state index in [1.54, 1.807) is 0 Å². The number of benzene rings is 1. The van der Waals surface area contributed by atoms with Crippen LogP contribution >= 0.6 is 5.46 Å². The monoisotopic (exact) mass is 288 g/mol. The molecule has 1 rings (SSSR count). The van der Waals surface area contributed by atoms with Crippen molar-refractivity contribution < 1.29 is 23.3 Å². The summed E-state index contributed by atoms with van der Waals surface area (Å²) in [4.78, 5) is 0. The van der Waals surface area contributed by atoms with Crippen LogP contribution in [0.4, 0.5) is 0 Å². The Morgan fingerprint density at radius 2 is 1.75 bits per heavy atom. The molecule has 0 radical (unpaired) electrons. The topological polar surface area (TPSA) is 0 Å². The third-order valence-electron chi connectivity index (χ3n) is 0.885. The molecule has 0 unspecified atom stereocenters. The van der Waals surface area contributed by atoms with Crippen molar-refractivity contribution in [3.8, 4) is 0 Å². The van der Waals surface area contributed by atoms with Crippen LogP contribution in [0.2, 0.25) is 0 Å². The molecule has 2 heteroatoms. The molecule has 0 amide bonds. The molecule has 1 aromatic rings. The van der Waals surface area contributed by atoms with Gasteiger partial charge in [-0.3, -0.25) is 0 Å². The molecule has 0 aliphatic heterocycles. The molecule has 0 aliphatic rings. The number of hydrogen-bond acceptors (Lipinski definition) is 0. The Balaban J connectivity index is 2.99. The van der Waals surface area contributed by atoms with E-state index in [1.165, 1.54) is 34.0 Å². The average Bonchev–Trinajstić information content (AvgIpc) is 1.90. The predicted molar refractivity (Wildman–Crippen MR) is 33.0 cm³/mol. The molecule has 36 valence electrons. The molecule has 0 nitrogen and oxygen atoms in total. The van der Waals surface area contributed by atoms with Gasteiger partial charge in [-0.1, -0.05) is 0 Å². The van der Waals surface area contributed by atoms with Gasteiger partial charge in [0.05, 0.1) is 0 Å². The van der Waals surface area contributed by atoms with Crippen LogP contribution in [0.1, 0.15) is 0 Å². The third kappa shape index (κ3) is 1.72. The van der Waals surface area contributed by atoms with E-state index in [-0.39, 0.29) is 0 Å². The van der Waals surface area contributed by atoms with E-state index in [0.717, 1.165) is 0 Å². The van der Waals surface area contributed by atoms with Crippen LogP contribution in [0.15, 0.2) is 30.3 Å². The standard InChI is InChI=1S/C6H5P.Hf/c7-6-4-2-1-3-5-6;/h1-5H;/q;+2. The second-order valence-corrected chi connectivity index (χ2v) is 4.60. The van der Waals surface area contributed by atoms with Gasteiger partial charge in [-0.2, -0.15) is 0 Å². The summed E-state index contributed by atoms with van der Waals surface area (Å²) < 4.78 is 0. The van der Waals surface area contributed by atoms with Crippen LogP contribution in [0.5, 0.6) is 0 Å². The van der Waals surface area contributed by atoms with E-state index in [0.29, 0.717) is 0 Å². The van der Waals surface area contributed by atoms with Crippen LogP contribution in [-0.2, 0) is 23.3 Å². The van der Waals surface area contributed by atoms with Gasteiger partial charge < -0.3 is 0 Å². The zero-order valence-corrected chi connectivity index (χ0v) is 8.82. The van der Waals surface area contributed by atoms with Crippen molar-refractivity contribution in [3.63, 3.8) is 0 Å². The van der Waals surface area contributed by atoms with Crippen molar-refractivity contribution in [2.45, 2.75) is 0 Å². The zero-order valence-electron chi connectivity index (χ0n) is 4.33. The fourth-order valence-corrected chi connectivity index (χ4v) is 2.43. The van der Waals surface area contributed by atoms with Gasteiger partial charge in [0.25, 0.3) is 0 Å². The van der Waals surface area contributed by atoms with Gasteiger partial charge in [0.2, 0.25) is 0 Å². The molecule has 0 spiro atoms. The second-order valence-electron chi connectivity index (χ2n) is 1.45. The van der Waals surface area contributed by atoms with Crippen molar-refractivity contribution in [2.24, 2.45) is 0 Å². The minimum absolute atomic E-state index is 1.25. The first kappa shape index (κ1) is 6.51. The molecule has 0 bridgehead atoms. The summed E-state index contributed by atoms with van der Waals surface area (Å²) in [7, 11) is 0. The molecular formula is C6H5HfP+2. The molecule has 0 atom stereocenters. The summed E-state index contributed by atoms with van der Waals surface area (Å²) in [5.74, 6) is 0. The summed E-state index contributed by atoms with van der Waals surface area (Å²) in [5.41, 5.74) is 1.49. The zero-order chi connectivity index (χ0) is 5.82. The Hall–Kier alpha value is 0.390. The van der Waals surface area contributed by atoms with Gasteiger partial charge in [-0.25, -0.2) is 0 Å². The molecule has 0 fully saturated rings. The predicted octanol–water partition coefficient (Wildman–Crippen LogP) is 1.72. The van der Waals surface area contributed by atoms with Crippen LogP contribution in [-0.4, -0.2) is 0 Å². The van der Waals surface area contributed by atoms with Crippen molar-refractivity contribution >= 4 is 10.8 Å².